The van der Waals surface area contributed by atoms with Crippen molar-refractivity contribution in [1.29, 1.82) is 0 Å². The average molecular weight is 318 g/mol. The summed E-state index contributed by atoms with van der Waals surface area (Å²) in [4.78, 5) is 36.0. The zero-order valence-corrected chi connectivity index (χ0v) is 11.9. The highest BCUT2D eigenvalue weighted by atomic mass is 16.6. The molecule has 2 saturated carbocycles. The van der Waals surface area contributed by atoms with Crippen molar-refractivity contribution in [2.45, 2.75) is 18.6 Å². The molecule has 1 aromatic rings. The summed E-state index contributed by atoms with van der Waals surface area (Å²) in [5.74, 6) is -3.57. The SMILES string of the molecule is O=C(O)[C@@H]1[C@H]2C[C@H]3[C@@H]1C(=O)N(c1cccc([N+](=O)[O-])c1)[C@@H]3[C@@H]2O. The molecule has 8 heteroatoms. The number of aliphatic hydroxyl groups excluding tert-OH is 1. The Morgan fingerprint density at radius 1 is 1.35 bits per heavy atom. The number of rotatable bonds is 3. The number of nitro benzene ring substituents is 1. The van der Waals surface area contributed by atoms with Gasteiger partial charge in [-0.2, -0.15) is 0 Å². The number of hydrogen-bond donors (Lipinski definition) is 2. The predicted octanol–water partition coefficient (Wildman–Crippen LogP) is 0.638. The highest BCUT2D eigenvalue weighted by Gasteiger charge is 2.69. The monoisotopic (exact) mass is 318 g/mol. The molecule has 0 radical (unpaired) electrons. The standard InChI is InChI=1S/C15H14N2O6/c18-13-9-5-8-10(11(9)15(20)21)14(19)16(12(8)13)6-2-1-3-7(4-6)17(22)23/h1-4,8-13,18H,5H2,(H,20,21)/t8-,9+,10-,11+,12-,13+/m0/s1. The zero-order valence-electron chi connectivity index (χ0n) is 11.9. The van der Waals surface area contributed by atoms with Crippen molar-refractivity contribution < 1.29 is 24.7 Å². The Kier molecular flexibility index (Phi) is 2.77. The van der Waals surface area contributed by atoms with Gasteiger partial charge in [0.2, 0.25) is 5.91 Å². The second-order valence-electron chi connectivity index (χ2n) is 6.42. The molecule has 1 aromatic carbocycles. The highest BCUT2D eigenvalue weighted by molar-refractivity contribution is 6.02. The predicted molar refractivity (Wildman–Crippen MR) is 76.6 cm³/mol. The lowest BCUT2D eigenvalue weighted by atomic mass is 9.78. The van der Waals surface area contributed by atoms with Crippen LogP contribution in [0.3, 0.4) is 0 Å². The second-order valence-corrected chi connectivity index (χ2v) is 6.42. The van der Waals surface area contributed by atoms with Crippen molar-refractivity contribution in [1.82, 2.24) is 0 Å². The van der Waals surface area contributed by atoms with Crippen molar-refractivity contribution in [3.05, 3.63) is 34.4 Å². The summed E-state index contributed by atoms with van der Waals surface area (Å²) in [7, 11) is 0. The fourth-order valence-corrected chi connectivity index (χ4v) is 4.73. The van der Waals surface area contributed by atoms with E-state index in [0.717, 1.165) is 0 Å². The third kappa shape index (κ3) is 1.69. The van der Waals surface area contributed by atoms with Gasteiger partial charge < -0.3 is 15.1 Å². The Labute approximate surface area is 130 Å². The van der Waals surface area contributed by atoms with Crippen molar-refractivity contribution in [2.24, 2.45) is 23.7 Å². The molecule has 3 fully saturated rings. The van der Waals surface area contributed by atoms with E-state index in [0.29, 0.717) is 12.1 Å². The Morgan fingerprint density at radius 2 is 2.09 bits per heavy atom. The van der Waals surface area contributed by atoms with E-state index in [1.807, 2.05) is 0 Å². The molecule has 0 aromatic heterocycles. The van der Waals surface area contributed by atoms with Gasteiger partial charge in [-0.05, 0) is 18.4 Å². The quantitative estimate of drug-likeness (QED) is 0.623. The maximum atomic E-state index is 12.7. The lowest BCUT2D eigenvalue weighted by Gasteiger charge is -2.30. The number of carboxylic acid groups (broad SMARTS) is 1. The van der Waals surface area contributed by atoms with Crippen LogP contribution in [-0.2, 0) is 9.59 Å². The van der Waals surface area contributed by atoms with E-state index in [9.17, 15) is 29.9 Å². The van der Waals surface area contributed by atoms with Gasteiger partial charge in [-0.15, -0.1) is 0 Å². The third-order valence-corrected chi connectivity index (χ3v) is 5.51. The minimum Gasteiger partial charge on any atom is -0.481 e. The van der Waals surface area contributed by atoms with Gasteiger partial charge in [0.15, 0.2) is 0 Å². The Balaban J connectivity index is 1.78. The van der Waals surface area contributed by atoms with E-state index in [4.69, 9.17) is 0 Å². The van der Waals surface area contributed by atoms with Gasteiger partial charge in [0, 0.05) is 18.1 Å². The van der Waals surface area contributed by atoms with Crippen molar-refractivity contribution >= 4 is 23.3 Å². The lowest BCUT2D eigenvalue weighted by molar-refractivity contribution is -0.384. The van der Waals surface area contributed by atoms with Gasteiger partial charge in [-0.3, -0.25) is 19.7 Å². The molecule has 0 spiro atoms. The summed E-state index contributed by atoms with van der Waals surface area (Å²) in [5.41, 5.74) is 0.195. The summed E-state index contributed by atoms with van der Waals surface area (Å²) < 4.78 is 0. The number of fused-ring (bicyclic) bond motifs is 1. The van der Waals surface area contributed by atoms with Gasteiger partial charge in [0.05, 0.1) is 34.6 Å². The topological polar surface area (TPSA) is 121 Å². The summed E-state index contributed by atoms with van der Waals surface area (Å²) in [5, 5.41) is 30.8. The number of non-ortho nitro benzene ring substituents is 1. The molecule has 1 amide bonds. The molecular weight excluding hydrogens is 304 g/mol. The average Bonchev–Trinajstić information content (AvgIpc) is 3.10. The zero-order chi connectivity index (χ0) is 16.5. The van der Waals surface area contributed by atoms with Gasteiger partial charge in [-0.25, -0.2) is 0 Å². The molecule has 23 heavy (non-hydrogen) atoms. The summed E-state index contributed by atoms with van der Waals surface area (Å²) >= 11 is 0. The van der Waals surface area contributed by atoms with Crippen molar-refractivity contribution in [2.75, 3.05) is 4.90 Å². The fraction of sp³-hybridized carbons (Fsp3) is 0.467. The molecule has 1 heterocycles. The Bertz CT molecular complexity index is 734. The van der Waals surface area contributed by atoms with Crippen LogP contribution in [-0.4, -0.2) is 39.2 Å². The number of nitro groups is 1. The first-order valence-corrected chi connectivity index (χ1v) is 7.40. The molecule has 4 rings (SSSR count). The minimum atomic E-state index is -1.06. The molecule has 1 saturated heterocycles. The maximum absolute atomic E-state index is 12.7. The van der Waals surface area contributed by atoms with E-state index in [1.165, 1.54) is 23.1 Å². The number of amides is 1. The number of benzene rings is 1. The molecule has 0 unspecified atom stereocenters. The molecule has 6 atom stereocenters. The van der Waals surface area contributed by atoms with Crippen LogP contribution >= 0.6 is 0 Å². The number of carboxylic acids is 1. The van der Waals surface area contributed by atoms with Crippen molar-refractivity contribution in [3.8, 4) is 0 Å². The minimum absolute atomic E-state index is 0.145. The number of carbonyl (C=O) groups is 2. The Morgan fingerprint density at radius 3 is 2.74 bits per heavy atom. The molecule has 8 nitrogen and oxygen atoms in total. The molecule has 2 N–H and O–H groups in total. The maximum Gasteiger partial charge on any atom is 0.307 e. The lowest BCUT2D eigenvalue weighted by Crippen LogP contribution is -2.44. The first-order chi connectivity index (χ1) is 10.9. The van der Waals surface area contributed by atoms with Gasteiger partial charge in [0.1, 0.15) is 0 Å². The molecule has 2 bridgehead atoms. The summed E-state index contributed by atoms with van der Waals surface area (Å²) in [6.45, 7) is 0. The highest BCUT2D eigenvalue weighted by Crippen LogP contribution is 2.59. The molecule has 3 aliphatic rings. The van der Waals surface area contributed by atoms with E-state index in [2.05, 4.69) is 0 Å². The molecule has 1 aliphatic heterocycles. The van der Waals surface area contributed by atoms with E-state index in [-0.39, 0.29) is 17.5 Å². The van der Waals surface area contributed by atoms with Gasteiger partial charge in [0.25, 0.3) is 5.69 Å². The largest absolute Gasteiger partial charge is 0.481 e. The normalized spacial score (nSPS) is 37.4. The van der Waals surface area contributed by atoms with Crippen LogP contribution in [0.1, 0.15) is 6.42 Å². The first kappa shape index (κ1) is 14.1. The van der Waals surface area contributed by atoms with E-state index < -0.39 is 40.8 Å². The number of hydrogen-bond acceptors (Lipinski definition) is 5. The third-order valence-electron chi connectivity index (χ3n) is 5.51. The van der Waals surface area contributed by atoms with E-state index in [1.54, 1.807) is 6.07 Å². The van der Waals surface area contributed by atoms with Gasteiger partial charge >= 0.3 is 5.97 Å². The Hall–Kier alpha value is -2.48. The second kappa shape index (κ2) is 4.51. The van der Waals surface area contributed by atoms with Gasteiger partial charge in [-0.1, -0.05) is 6.07 Å². The number of carbonyl (C=O) groups excluding carboxylic acids is 1. The van der Waals surface area contributed by atoms with Crippen LogP contribution in [0.4, 0.5) is 11.4 Å². The number of aliphatic hydroxyl groups is 1. The smallest absolute Gasteiger partial charge is 0.307 e. The van der Waals surface area contributed by atoms with Crippen LogP contribution in [0.5, 0.6) is 0 Å². The summed E-state index contributed by atoms with van der Waals surface area (Å²) in [6.07, 6.45) is -0.409. The molecule has 2 aliphatic carbocycles. The number of aliphatic carboxylic acids is 1. The van der Waals surface area contributed by atoms with Crippen molar-refractivity contribution in [3.63, 3.8) is 0 Å². The molecular formula is C15H14N2O6. The number of anilines is 1. The van der Waals surface area contributed by atoms with Crippen LogP contribution in [0, 0.1) is 33.8 Å². The molecule has 120 valence electrons. The summed E-state index contributed by atoms with van der Waals surface area (Å²) in [6, 6.07) is 5.18. The van der Waals surface area contributed by atoms with Crippen LogP contribution in [0.2, 0.25) is 0 Å². The van der Waals surface area contributed by atoms with E-state index >= 15 is 0 Å². The van der Waals surface area contributed by atoms with Crippen LogP contribution in [0.25, 0.3) is 0 Å². The van der Waals surface area contributed by atoms with Crippen LogP contribution < -0.4 is 4.90 Å². The number of nitrogens with zero attached hydrogens (tertiary/aromatic N) is 2. The van der Waals surface area contributed by atoms with Crippen LogP contribution in [0.15, 0.2) is 24.3 Å². The first-order valence-electron chi connectivity index (χ1n) is 7.40. The fourth-order valence-electron chi connectivity index (χ4n) is 4.73.